The zero-order valence-corrected chi connectivity index (χ0v) is 31.9. The van der Waals surface area contributed by atoms with Gasteiger partial charge in [0.25, 0.3) is 0 Å². The first-order valence-corrected chi connectivity index (χ1v) is 20.1. The molecule has 0 aliphatic heterocycles. The number of benzene rings is 8. The van der Waals surface area contributed by atoms with Crippen molar-refractivity contribution in [3.05, 3.63) is 240 Å². The molecule has 0 saturated carbocycles. The van der Waals surface area contributed by atoms with Gasteiger partial charge >= 0.3 is 0 Å². The minimum absolute atomic E-state index is 0.290. The molecule has 1 heterocycles. The highest BCUT2D eigenvalue weighted by Gasteiger charge is 2.21. The van der Waals surface area contributed by atoms with Crippen LogP contribution in [0.3, 0.4) is 0 Å². The lowest BCUT2D eigenvalue weighted by molar-refractivity contribution is 0.805. The second kappa shape index (κ2) is 15.3. The van der Waals surface area contributed by atoms with Crippen LogP contribution in [0.1, 0.15) is 40.3 Å². The Balaban J connectivity index is 1.02. The Kier molecular flexibility index (Phi) is 9.26. The maximum Gasteiger partial charge on any atom is 0.0538 e. The topological polar surface area (TPSA) is 4.93 Å². The van der Waals surface area contributed by atoms with Crippen LogP contribution in [0.25, 0.3) is 67.2 Å². The van der Waals surface area contributed by atoms with Gasteiger partial charge in [-0.1, -0.05) is 182 Å². The Bertz CT molecular complexity index is 2770. The molecule has 0 radical (unpaired) electrons. The monoisotopic (exact) mass is 729 g/mol. The van der Waals surface area contributed by atoms with E-state index in [1.54, 1.807) is 0 Å². The number of fused-ring (bicyclic) bond motifs is 3. The lowest BCUT2D eigenvalue weighted by Gasteiger charge is -2.19. The van der Waals surface area contributed by atoms with Crippen LogP contribution in [0, 0.1) is 0 Å². The van der Waals surface area contributed by atoms with Crippen LogP contribution in [0.15, 0.2) is 212 Å². The Morgan fingerprint density at radius 2 is 0.930 bits per heavy atom. The molecule has 1 heteroatoms. The highest BCUT2D eigenvalue weighted by molar-refractivity contribution is 5.97. The molecule has 0 N–H and O–H groups in total. The van der Waals surface area contributed by atoms with Crippen LogP contribution in [-0.2, 0) is 12.8 Å². The summed E-state index contributed by atoms with van der Waals surface area (Å²) in [7, 11) is 0. The van der Waals surface area contributed by atoms with Gasteiger partial charge < -0.3 is 4.57 Å². The lowest BCUT2D eigenvalue weighted by atomic mass is 9.85. The van der Waals surface area contributed by atoms with Crippen molar-refractivity contribution in [2.75, 3.05) is 0 Å². The fraction of sp³-hybridized carbons (Fsp3) is 0.0714. The van der Waals surface area contributed by atoms with E-state index in [-0.39, 0.29) is 0 Å². The van der Waals surface area contributed by atoms with Gasteiger partial charge in [-0.05, 0) is 117 Å². The SMILES string of the molecule is C1=Cc2c(n(-c3cc(-c4ccccc4)cc(-c4ccccc4)c3)c3ccc(-c4cccc(-c5ccc(C(Cc6ccccc6)c6ccccc6)cc5)c4)cc23)CC1. The molecule has 1 unspecified atom stereocenters. The molecule has 0 amide bonds. The standard InChI is InChI=1S/C56H43N/c1-5-16-40(17-6-1)34-53(44-22-11-4-12-23-44)45-30-28-43(29-31-45)46-24-15-25-47(35-46)48-32-33-56-54(39-48)52-26-13-14-27-55(52)57(56)51-37-49(41-18-7-2-8-19-41)36-50(38-51)42-20-9-3-10-21-42/h1-13,15-26,28-33,35-39,53H,14,27,34H2. The van der Waals surface area contributed by atoms with Gasteiger partial charge in [0.2, 0.25) is 0 Å². The van der Waals surface area contributed by atoms with Crippen molar-refractivity contribution in [1.29, 1.82) is 0 Å². The average Bonchev–Trinajstić information content (AvgIpc) is 3.63. The fourth-order valence-corrected chi connectivity index (χ4v) is 8.78. The molecule has 0 saturated heterocycles. The smallest absolute Gasteiger partial charge is 0.0538 e. The summed E-state index contributed by atoms with van der Waals surface area (Å²) in [5.74, 6) is 0.290. The Morgan fingerprint density at radius 1 is 0.421 bits per heavy atom. The summed E-state index contributed by atoms with van der Waals surface area (Å²) in [5.41, 5.74) is 19.0. The summed E-state index contributed by atoms with van der Waals surface area (Å²) >= 11 is 0. The summed E-state index contributed by atoms with van der Waals surface area (Å²) in [4.78, 5) is 0. The molecule has 10 rings (SSSR count). The number of nitrogens with zero attached hydrogens (tertiary/aromatic N) is 1. The van der Waals surface area contributed by atoms with Crippen LogP contribution >= 0.6 is 0 Å². The highest BCUT2D eigenvalue weighted by atomic mass is 15.0. The van der Waals surface area contributed by atoms with Crippen LogP contribution in [0.2, 0.25) is 0 Å². The Hall–Kier alpha value is -6.96. The van der Waals surface area contributed by atoms with E-state index in [4.69, 9.17) is 0 Å². The second-order valence-corrected chi connectivity index (χ2v) is 15.2. The van der Waals surface area contributed by atoms with Crippen LogP contribution in [0.5, 0.6) is 0 Å². The van der Waals surface area contributed by atoms with Gasteiger partial charge in [-0.3, -0.25) is 0 Å². The first-order chi connectivity index (χ1) is 28.2. The van der Waals surface area contributed by atoms with E-state index in [1.165, 1.54) is 89.0 Å². The minimum atomic E-state index is 0.290. The molecule has 1 aliphatic carbocycles. The largest absolute Gasteiger partial charge is 0.313 e. The predicted octanol–water partition coefficient (Wildman–Crippen LogP) is 14.6. The number of hydrogen-bond acceptors (Lipinski definition) is 0. The molecule has 272 valence electrons. The molecule has 1 aliphatic rings. The highest BCUT2D eigenvalue weighted by Crippen LogP contribution is 2.39. The summed E-state index contributed by atoms with van der Waals surface area (Å²) in [6.07, 6.45) is 7.70. The fourth-order valence-electron chi connectivity index (χ4n) is 8.78. The van der Waals surface area contributed by atoms with Crippen molar-refractivity contribution in [1.82, 2.24) is 4.57 Å². The molecule has 9 aromatic rings. The van der Waals surface area contributed by atoms with Crippen molar-refractivity contribution in [2.24, 2.45) is 0 Å². The van der Waals surface area contributed by atoms with Gasteiger partial charge in [0, 0.05) is 28.2 Å². The van der Waals surface area contributed by atoms with Gasteiger partial charge in [-0.25, -0.2) is 0 Å². The molecule has 1 atom stereocenters. The van der Waals surface area contributed by atoms with E-state index in [0.717, 1.165) is 19.3 Å². The molecular weight excluding hydrogens is 687 g/mol. The van der Waals surface area contributed by atoms with Crippen molar-refractivity contribution in [3.63, 3.8) is 0 Å². The number of aromatic nitrogens is 1. The van der Waals surface area contributed by atoms with E-state index in [0.29, 0.717) is 5.92 Å². The molecule has 8 aromatic carbocycles. The molecule has 1 aromatic heterocycles. The van der Waals surface area contributed by atoms with E-state index >= 15 is 0 Å². The summed E-state index contributed by atoms with van der Waals surface area (Å²) < 4.78 is 2.52. The maximum absolute atomic E-state index is 2.52. The van der Waals surface area contributed by atoms with E-state index in [9.17, 15) is 0 Å². The van der Waals surface area contributed by atoms with Crippen molar-refractivity contribution >= 4 is 17.0 Å². The first kappa shape index (κ1) is 34.5. The summed E-state index contributed by atoms with van der Waals surface area (Å²) in [6, 6.07) is 75.7. The van der Waals surface area contributed by atoms with Crippen LogP contribution < -0.4 is 0 Å². The zero-order valence-electron chi connectivity index (χ0n) is 31.9. The lowest BCUT2D eigenvalue weighted by Crippen LogP contribution is -2.05. The third kappa shape index (κ3) is 6.94. The predicted molar refractivity (Wildman–Crippen MR) is 241 cm³/mol. The normalized spacial score (nSPS) is 12.7. The zero-order chi connectivity index (χ0) is 38.0. The number of rotatable bonds is 9. The molecule has 0 fully saturated rings. The third-order valence-corrected chi connectivity index (χ3v) is 11.7. The van der Waals surface area contributed by atoms with E-state index < -0.39 is 0 Å². The van der Waals surface area contributed by atoms with Crippen molar-refractivity contribution < 1.29 is 0 Å². The third-order valence-electron chi connectivity index (χ3n) is 11.7. The second-order valence-electron chi connectivity index (χ2n) is 15.2. The number of hydrogen-bond donors (Lipinski definition) is 0. The van der Waals surface area contributed by atoms with Gasteiger partial charge in [0.1, 0.15) is 0 Å². The van der Waals surface area contributed by atoms with Crippen LogP contribution in [-0.4, -0.2) is 4.57 Å². The first-order valence-electron chi connectivity index (χ1n) is 20.1. The minimum Gasteiger partial charge on any atom is -0.313 e. The molecule has 0 spiro atoms. The van der Waals surface area contributed by atoms with Crippen molar-refractivity contribution in [3.8, 4) is 50.2 Å². The molecule has 57 heavy (non-hydrogen) atoms. The summed E-state index contributed by atoms with van der Waals surface area (Å²) in [5, 5.41) is 1.30. The van der Waals surface area contributed by atoms with Gasteiger partial charge in [0.15, 0.2) is 0 Å². The average molecular weight is 730 g/mol. The number of allylic oxidation sites excluding steroid dienone is 1. The Morgan fingerprint density at radius 3 is 1.60 bits per heavy atom. The van der Waals surface area contributed by atoms with E-state index in [2.05, 4.69) is 223 Å². The van der Waals surface area contributed by atoms with Gasteiger partial charge in [-0.2, -0.15) is 0 Å². The maximum atomic E-state index is 2.52. The molecule has 0 bridgehead atoms. The van der Waals surface area contributed by atoms with E-state index in [1.807, 2.05) is 0 Å². The quantitative estimate of drug-likeness (QED) is 0.139. The van der Waals surface area contributed by atoms with Crippen LogP contribution in [0.4, 0.5) is 0 Å². The van der Waals surface area contributed by atoms with Gasteiger partial charge in [-0.15, -0.1) is 0 Å². The molecular formula is C56H43N. The Labute approximate surface area is 335 Å². The van der Waals surface area contributed by atoms with Gasteiger partial charge in [0.05, 0.1) is 5.52 Å². The summed E-state index contributed by atoms with van der Waals surface area (Å²) in [6.45, 7) is 0. The van der Waals surface area contributed by atoms with Crippen molar-refractivity contribution in [2.45, 2.75) is 25.2 Å². The molecule has 1 nitrogen and oxygen atoms in total.